The number of benzene rings is 2. The summed E-state index contributed by atoms with van der Waals surface area (Å²) < 4.78 is 15.9. The Hall–Kier alpha value is -3.09. The van der Waals surface area contributed by atoms with Crippen LogP contribution in [0.1, 0.15) is 13.8 Å². The summed E-state index contributed by atoms with van der Waals surface area (Å²) in [6.07, 6.45) is 0. The highest BCUT2D eigenvalue weighted by molar-refractivity contribution is 5.94. The van der Waals surface area contributed by atoms with Gasteiger partial charge in [0.15, 0.2) is 11.5 Å². The summed E-state index contributed by atoms with van der Waals surface area (Å²) in [7, 11) is 4.60. The monoisotopic (exact) mass is 387 g/mol. The van der Waals surface area contributed by atoms with E-state index < -0.39 is 0 Å². The molecule has 0 aliphatic carbocycles. The fraction of sp³-hybridized carbons (Fsp3) is 0.381. The minimum atomic E-state index is -0.179. The Morgan fingerprint density at radius 1 is 0.893 bits per heavy atom. The number of anilines is 3. The lowest BCUT2D eigenvalue weighted by atomic mass is 10.2. The Balaban J connectivity index is 1.99. The van der Waals surface area contributed by atoms with Crippen LogP contribution in [0.15, 0.2) is 36.4 Å². The molecule has 28 heavy (non-hydrogen) atoms. The van der Waals surface area contributed by atoms with Crippen molar-refractivity contribution in [2.45, 2.75) is 13.8 Å². The zero-order valence-electron chi connectivity index (χ0n) is 17.2. The molecule has 2 N–H and O–H groups in total. The van der Waals surface area contributed by atoms with Crippen molar-refractivity contribution in [3.05, 3.63) is 36.4 Å². The lowest BCUT2D eigenvalue weighted by Crippen LogP contribution is -2.22. The Labute approximate surface area is 166 Å². The van der Waals surface area contributed by atoms with Crippen LogP contribution in [0.3, 0.4) is 0 Å². The fourth-order valence-electron chi connectivity index (χ4n) is 2.92. The smallest absolute Gasteiger partial charge is 0.243 e. The van der Waals surface area contributed by atoms with Gasteiger partial charge in [-0.1, -0.05) is 0 Å². The van der Waals surface area contributed by atoms with E-state index in [1.165, 1.54) is 21.3 Å². The molecule has 0 aromatic heterocycles. The molecule has 2 rings (SSSR count). The minimum absolute atomic E-state index is 0.140. The van der Waals surface area contributed by atoms with Crippen LogP contribution in [0.4, 0.5) is 17.1 Å². The number of nitrogens with zero attached hydrogens (tertiary/aromatic N) is 1. The van der Waals surface area contributed by atoms with E-state index in [4.69, 9.17) is 14.2 Å². The Kier molecular flexibility index (Phi) is 7.80. The molecule has 0 unspecified atom stereocenters. The number of carbonyl (C=O) groups is 1. The first-order chi connectivity index (χ1) is 13.6. The molecule has 7 nitrogen and oxygen atoms in total. The van der Waals surface area contributed by atoms with E-state index in [1.807, 2.05) is 24.3 Å². The number of rotatable bonds is 10. The van der Waals surface area contributed by atoms with Crippen molar-refractivity contribution in [3.63, 3.8) is 0 Å². The highest BCUT2D eigenvalue weighted by atomic mass is 16.5. The van der Waals surface area contributed by atoms with Gasteiger partial charge in [0.2, 0.25) is 11.7 Å². The molecule has 0 aliphatic rings. The molecule has 0 aliphatic heterocycles. The summed E-state index contributed by atoms with van der Waals surface area (Å²) in [4.78, 5) is 14.6. The van der Waals surface area contributed by atoms with Gasteiger partial charge in [0.1, 0.15) is 0 Å². The molecule has 0 fully saturated rings. The van der Waals surface area contributed by atoms with Crippen molar-refractivity contribution in [2.75, 3.05) is 56.5 Å². The van der Waals surface area contributed by atoms with E-state index in [2.05, 4.69) is 29.4 Å². The predicted octanol–water partition coefficient (Wildman–Crippen LogP) is 3.61. The number of carbonyl (C=O) groups excluding carboxylic acids is 1. The van der Waals surface area contributed by atoms with Gasteiger partial charge in [-0.25, -0.2) is 0 Å². The molecular formula is C21H29N3O4. The van der Waals surface area contributed by atoms with Gasteiger partial charge >= 0.3 is 0 Å². The molecule has 0 heterocycles. The number of methoxy groups -OCH3 is 3. The maximum Gasteiger partial charge on any atom is 0.243 e. The van der Waals surface area contributed by atoms with Crippen LogP contribution < -0.4 is 29.7 Å². The average Bonchev–Trinajstić information content (AvgIpc) is 2.73. The molecule has 0 saturated heterocycles. The summed E-state index contributed by atoms with van der Waals surface area (Å²) in [6.45, 7) is 6.31. The maximum absolute atomic E-state index is 12.3. The zero-order valence-corrected chi connectivity index (χ0v) is 17.2. The van der Waals surface area contributed by atoms with E-state index in [-0.39, 0.29) is 12.5 Å². The summed E-state index contributed by atoms with van der Waals surface area (Å²) in [5.74, 6) is 1.27. The second-order valence-electron chi connectivity index (χ2n) is 6.03. The molecular weight excluding hydrogens is 358 g/mol. The molecule has 0 spiro atoms. The first-order valence-electron chi connectivity index (χ1n) is 9.24. The Morgan fingerprint density at radius 2 is 1.46 bits per heavy atom. The summed E-state index contributed by atoms with van der Waals surface area (Å²) in [5, 5.41) is 5.96. The van der Waals surface area contributed by atoms with Crippen molar-refractivity contribution < 1.29 is 19.0 Å². The van der Waals surface area contributed by atoms with E-state index in [0.29, 0.717) is 22.9 Å². The lowest BCUT2D eigenvalue weighted by Gasteiger charge is -2.21. The molecule has 0 radical (unpaired) electrons. The van der Waals surface area contributed by atoms with Crippen molar-refractivity contribution in [2.24, 2.45) is 0 Å². The second-order valence-corrected chi connectivity index (χ2v) is 6.03. The van der Waals surface area contributed by atoms with E-state index in [1.54, 1.807) is 12.1 Å². The summed E-state index contributed by atoms with van der Waals surface area (Å²) in [6, 6.07) is 11.4. The van der Waals surface area contributed by atoms with Crippen LogP contribution in [-0.2, 0) is 4.79 Å². The molecule has 0 saturated carbocycles. The maximum atomic E-state index is 12.3. The third-order valence-electron chi connectivity index (χ3n) is 4.40. The van der Waals surface area contributed by atoms with Crippen LogP contribution in [-0.4, -0.2) is 46.9 Å². The minimum Gasteiger partial charge on any atom is -0.493 e. The summed E-state index contributed by atoms with van der Waals surface area (Å²) >= 11 is 0. The molecule has 2 aromatic carbocycles. The molecule has 2 aromatic rings. The SMILES string of the molecule is CCN(CC)c1ccc(NCC(=O)Nc2cc(OC)c(OC)c(OC)c2)cc1. The van der Waals surface area contributed by atoms with Crippen LogP contribution in [0, 0.1) is 0 Å². The fourth-order valence-corrected chi connectivity index (χ4v) is 2.92. The van der Waals surface area contributed by atoms with Gasteiger partial charge in [-0.2, -0.15) is 0 Å². The number of ether oxygens (including phenoxy) is 3. The van der Waals surface area contributed by atoms with Gasteiger partial charge in [0, 0.05) is 42.3 Å². The van der Waals surface area contributed by atoms with Crippen LogP contribution >= 0.6 is 0 Å². The van der Waals surface area contributed by atoms with E-state index in [0.717, 1.165) is 24.5 Å². The zero-order chi connectivity index (χ0) is 20.5. The van der Waals surface area contributed by atoms with Crippen molar-refractivity contribution >= 4 is 23.0 Å². The van der Waals surface area contributed by atoms with Gasteiger partial charge in [-0.05, 0) is 38.1 Å². The molecule has 0 bridgehead atoms. The van der Waals surface area contributed by atoms with Gasteiger partial charge in [-0.15, -0.1) is 0 Å². The molecule has 0 atom stereocenters. The van der Waals surface area contributed by atoms with E-state index >= 15 is 0 Å². The lowest BCUT2D eigenvalue weighted by molar-refractivity contribution is -0.114. The van der Waals surface area contributed by atoms with Gasteiger partial charge in [0.05, 0.1) is 27.9 Å². The highest BCUT2D eigenvalue weighted by Gasteiger charge is 2.14. The van der Waals surface area contributed by atoms with Gasteiger partial charge < -0.3 is 29.7 Å². The topological polar surface area (TPSA) is 72.1 Å². The first-order valence-corrected chi connectivity index (χ1v) is 9.24. The van der Waals surface area contributed by atoms with Crippen molar-refractivity contribution in [1.29, 1.82) is 0 Å². The molecule has 152 valence electrons. The van der Waals surface area contributed by atoms with Crippen LogP contribution in [0.5, 0.6) is 17.2 Å². The van der Waals surface area contributed by atoms with Crippen LogP contribution in [0.25, 0.3) is 0 Å². The highest BCUT2D eigenvalue weighted by Crippen LogP contribution is 2.39. The number of hydrogen-bond donors (Lipinski definition) is 2. The van der Waals surface area contributed by atoms with Gasteiger partial charge in [-0.3, -0.25) is 4.79 Å². The molecule has 7 heteroatoms. The van der Waals surface area contributed by atoms with Gasteiger partial charge in [0.25, 0.3) is 0 Å². The summed E-state index contributed by atoms with van der Waals surface area (Å²) in [5.41, 5.74) is 2.62. The van der Waals surface area contributed by atoms with Crippen molar-refractivity contribution in [3.8, 4) is 17.2 Å². The Bertz CT molecular complexity index is 749. The average molecular weight is 387 g/mol. The number of amides is 1. The standard InChI is InChI=1S/C21H29N3O4/c1-6-24(7-2)17-10-8-15(9-11-17)22-14-20(25)23-16-12-18(26-3)21(28-5)19(13-16)27-4/h8-13,22H,6-7,14H2,1-5H3,(H,23,25). The quantitative estimate of drug-likeness (QED) is 0.649. The van der Waals surface area contributed by atoms with Crippen LogP contribution in [0.2, 0.25) is 0 Å². The third kappa shape index (κ3) is 5.22. The number of nitrogens with one attached hydrogen (secondary N) is 2. The first kappa shape index (κ1) is 21.2. The normalized spacial score (nSPS) is 10.2. The second kappa shape index (κ2) is 10.3. The Morgan fingerprint density at radius 3 is 1.93 bits per heavy atom. The van der Waals surface area contributed by atoms with Crippen molar-refractivity contribution in [1.82, 2.24) is 0 Å². The van der Waals surface area contributed by atoms with E-state index in [9.17, 15) is 4.79 Å². The predicted molar refractivity (Wildman–Crippen MR) is 113 cm³/mol. The largest absolute Gasteiger partial charge is 0.493 e. The molecule has 1 amide bonds. The third-order valence-corrected chi connectivity index (χ3v) is 4.40. The number of hydrogen-bond acceptors (Lipinski definition) is 6.